The number of rotatable bonds is 11. The molecule has 1 atom stereocenters. The fraction of sp³-hybridized carbons (Fsp3) is 0.579. The highest BCUT2D eigenvalue weighted by Crippen LogP contribution is 2.11. The van der Waals surface area contributed by atoms with Crippen LogP contribution in [-0.4, -0.2) is 18.4 Å². The van der Waals surface area contributed by atoms with Gasteiger partial charge < -0.3 is 10.6 Å². The van der Waals surface area contributed by atoms with Gasteiger partial charge in [0.2, 0.25) is 11.8 Å². The first-order valence-electron chi connectivity index (χ1n) is 8.73. The Hall–Kier alpha value is -1.84. The van der Waals surface area contributed by atoms with Gasteiger partial charge >= 0.3 is 0 Å². The molecule has 128 valence electrons. The first-order valence-corrected chi connectivity index (χ1v) is 8.73. The summed E-state index contributed by atoms with van der Waals surface area (Å²) in [7, 11) is 0. The van der Waals surface area contributed by atoms with Crippen molar-refractivity contribution in [3.05, 3.63) is 35.9 Å². The number of unbranched alkanes of at least 4 members (excludes halogenated alkanes) is 1. The molecule has 4 heteroatoms. The van der Waals surface area contributed by atoms with Crippen LogP contribution in [0, 0.1) is 5.92 Å². The minimum atomic E-state index is -0.0815. The Morgan fingerprint density at radius 2 is 1.65 bits per heavy atom. The minimum absolute atomic E-state index is 0.0326. The van der Waals surface area contributed by atoms with E-state index in [-0.39, 0.29) is 24.7 Å². The van der Waals surface area contributed by atoms with Crippen molar-refractivity contribution in [2.24, 2.45) is 5.92 Å². The Kier molecular flexibility index (Phi) is 9.76. The summed E-state index contributed by atoms with van der Waals surface area (Å²) in [6, 6.07) is 9.76. The van der Waals surface area contributed by atoms with E-state index in [9.17, 15) is 9.59 Å². The van der Waals surface area contributed by atoms with Crippen molar-refractivity contribution in [1.29, 1.82) is 0 Å². The SMILES string of the molecule is CCCCC(CC)CNC(=O)CCC(=O)NCc1ccccc1. The summed E-state index contributed by atoms with van der Waals surface area (Å²) in [5, 5.41) is 5.79. The Balaban J connectivity index is 2.15. The predicted molar refractivity (Wildman–Crippen MR) is 93.8 cm³/mol. The summed E-state index contributed by atoms with van der Waals surface area (Å²) in [6.07, 6.45) is 5.13. The molecule has 1 aromatic carbocycles. The fourth-order valence-corrected chi connectivity index (χ4v) is 2.40. The molecule has 0 bridgehead atoms. The van der Waals surface area contributed by atoms with Crippen LogP contribution in [0.25, 0.3) is 0 Å². The molecule has 0 aliphatic carbocycles. The molecule has 0 aliphatic heterocycles. The molecular weight excluding hydrogens is 288 g/mol. The molecule has 0 aliphatic rings. The molecule has 0 aromatic heterocycles. The number of carbonyl (C=O) groups is 2. The van der Waals surface area contributed by atoms with Gasteiger partial charge in [-0.1, -0.05) is 63.4 Å². The van der Waals surface area contributed by atoms with E-state index in [0.717, 1.165) is 24.9 Å². The fourth-order valence-electron chi connectivity index (χ4n) is 2.40. The first kappa shape index (κ1) is 19.2. The van der Waals surface area contributed by atoms with Crippen molar-refractivity contribution in [1.82, 2.24) is 10.6 Å². The monoisotopic (exact) mass is 318 g/mol. The Labute approximate surface area is 140 Å². The number of hydrogen-bond donors (Lipinski definition) is 2. The number of carbonyl (C=O) groups excluding carboxylic acids is 2. The third kappa shape index (κ3) is 9.01. The van der Waals surface area contributed by atoms with Crippen molar-refractivity contribution >= 4 is 11.8 Å². The lowest BCUT2D eigenvalue weighted by Crippen LogP contribution is -2.31. The Morgan fingerprint density at radius 1 is 1.00 bits per heavy atom. The van der Waals surface area contributed by atoms with Gasteiger partial charge in [0.15, 0.2) is 0 Å². The van der Waals surface area contributed by atoms with E-state index in [4.69, 9.17) is 0 Å². The average Bonchev–Trinajstić information content (AvgIpc) is 2.59. The van der Waals surface area contributed by atoms with Crippen LogP contribution in [0.5, 0.6) is 0 Å². The molecule has 1 rings (SSSR count). The molecular formula is C19H30N2O2. The van der Waals surface area contributed by atoms with Crippen molar-refractivity contribution < 1.29 is 9.59 Å². The van der Waals surface area contributed by atoms with Crippen LogP contribution in [-0.2, 0) is 16.1 Å². The molecule has 2 amide bonds. The van der Waals surface area contributed by atoms with E-state index < -0.39 is 0 Å². The molecule has 0 radical (unpaired) electrons. The van der Waals surface area contributed by atoms with Crippen molar-refractivity contribution in [2.75, 3.05) is 6.54 Å². The summed E-state index contributed by atoms with van der Waals surface area (Å²) in [4.78, 5) is 23.6. The highest BCUT2D eigenvalue weighted by molar-refractivity contribution is 5.83. The van der Waals surface area contributed by atoms with Gasteiger partial charge in [0.05, 0.1) is 0 Å². The van der Waals surface area contributed by atoms with Gasteiger partial charge in [-0.15, -0.1) is 0 Å². The van der Waals surface area contributed by atoms with E-state index in [1.54, 1.807) is 0 Å². The number of nitrogens with one attached hydrogen (secondary N) is 2. The summed E-state index contributed by atoms with van der Waals surface area (Å²) < 4.78 is 0. The van der Waals surface area contributed by atoms with Crippen LogP contribution in [0.15, 0.2) is 30.3 Å². The van der Waals surface area contributed by atoms with Crippen molar-refractivity contribution in [3.8, 4) is 0 Å². The van der Waals surface area contributed by atoms with Gasteiger partial charge in [0.1, 0.15) is 0 Å². The Bertz CT molecular complexity index is 460. The predicted octanol–water partition coefficient (Wildman–Crippen LogP) is 3.42. The molecule has 0 fully saturated rings. The maximum atomic E-state index is 11.8. The summed E-state index contributed by atoms with van der Waals surface area (Å²) in [5.74, 6) is 0.433. The molecule has 0 saturated carbocycles. The maximum absolute atomic E-state index is 11.8. The van der Waals surface area contributed by atoms with Crippen LogP contribution in [0.2, 0.25) is 0 Å². The topological polar surface area (TPSA) is 58.2 Å². The van der Waals surface area contributed by atoms with Crippen molar-refractivity contribution in [2.45, 2.75) is 58.9 Å². The second kappa shape index (κ2) is 11.7. The maximum Gasteiger partial charge on any atom is 0.220 e. The van der Waals surface area contributed by atoms with Crippen LogP contribution >= 0.6 is 0 Å². The third-order valence-corrected chi connectivity index (χ3v) is 4.04. The van der Waals surface area contributed by atoms with Crippen molar-refractivity contribution in [3.63, 3.8) is 0 Å². The van der Waals surface area contributed by atoms with Gasteiger partial charge in [-0.2, -0.15) is 0 Å². The van der Waals surface area contributed by atoms with Gasteiger partial charge in [0, 0.05) is 25.9 Å². The smallest absolute Gasteiger partial charge is 0.220 e. The zero-order valence-electron chi connectivity index (χ0n) is 14.4. The largest absolute Gasteiger partial charge is 0.356 e. The standard InChI is InChI=1S/C19H30N2O2/c1-3-5-9-16(4-2)14-20-18(22)12-13-19(23)21-15-17-10-7-6-8-11-17/h6-8,10-11,16H,3-5,9,12-15H2,1-2H3,(H,20,22)(H,21,23). The molecule has 1 aromatic rings. The van der Waals surface area contributed by atoms with Gasteiger partial charge in [-0.05, 0) is 17.9 Å². The van der Waals surface area contributed by atoms with E-state index in [0.29, 0.717) is 12.5 Å². The van der Waals surface area contributed by atoms with E-state index in [1.807, 2.05) is 30.3 Å². The highest BCUT2D eigenvalue weighted by Gasteiger charge is 2.10. The lowest BCUT2D eigenvalue weighted by Gasteiger charge is -2.15. The second-order valence-electron chi connectivity index (χ2n) is 5.98. The molecule has 0 heterocycles. The van der Waals surface area contributed by atoms with Crippen LogP contribution in [0.3, 0.4) is 0 Å². The zero-order chi connectivity index (χ0) is 16.9. The van der Waals surface area contributed by atoms with Crippen LogP contribution in [0.1, 0.15) is 57.9 Å². The highest BCUT2D eigenvalue weighted by atomic mass is 16.2. The number of amides is 2. The molecule has 2 N–H and O–H groups in total. The van der Waals surface area contributed by atoms with Gasteiger partial charge in [0.25, 0.3) is 0 Å². The summed E-state index contributed by atoms with van der Waals surface area (Å²) in [6.45, 7) is 5.57. The van der Waals surface area contributed by atoms with Crippen LogP contribution < -0.4 is 10.6 Å². The number of hydrogen-bond acceptors (Lipinski definition) is 2. The first-order chi connectivity index (χ1) is 11.2. The summed E-state index contributed by atoms with van der Waals surface area (Å²) in [5.41, 5.74) is 1.06. The second-order valence-corrected chi connectivity index (χ2v) is 5.98. The van der Waals surface area contributed by atoms with E-state index in [1.165, 1.54) is 12.8 Å². The lowest BCUT2D eigenvalue weighted by molar-refractivity contribution is -0.126. The minimum Gasteiger partial charge on any atom is -0.356 e. The van der Waals surface area contributed by atoms with Crippen LogP contribution in [0.4, 0.5) is 0 Å². The van der Waals surface area contributed by atoms with E-state index in [2.05, 4.69) is 24.5 Å². The van der Waals surface area contributed by atoms with E-state index >= 15 is 0 Å². The normalized spacial score (nSPS) is 11.7. The average molecular weight is 318 g/mol. The molecule has 0 saturated heterocycles. The molecule has 4 nitrogen and oxygen atoms in total. The van der Waals surface area contributed by atoms with Gasteiger partial charge in [-0.3, -0.25) is 9.59 Å². The lowest BCUT2D eigenvalue weighted by atomic mass is 9.99. The molecule has 23 heavy (non-hydrogen) atoms. The van der Waals surface area contributed by atoms with Gasteiger partial charge in [-0.25, -0.2) is 0 Å². The number of benzene rings is 1. The zero-order valence-corrected chi connectivity index (χ0v) is 14.4. The molecule has 0 spiro atoms. The quantitative estimate of drug-likeness (QED) is 0.657. The molecule has 1 unspecified atom stereocenters. The summed E-state index contributed by atoms with van der Waals surface area (Å²) >= 11 is 0. The third-order valence-electron chi connectivity index (χ3n) is 4.04. The Morgan fingerprint density at radius 3 is 2.26 bits per heavy atom.